The van der Waals surface area contributed by atoms with Crippen molar-refractivity contribution in [2.45, 2.75) is 0 Å². The van der Waals surface area contributed by atoms with Gasteiger partial charge in [0.15, 0.2) is 0 Å². The van der Waals surface area contributed by atoms with E-state index in [1.165, 1.54) is 0 Å². The summed E-state index contributed by atoms with van der Waals surface area (Å²) >= 11 is 0. The molecule has 11 heteroatoms. The molecule has 9 nitrogen and oxygen atoms in total. The summed E-state index contributed by atoms with van der Waals surface area (Å²) in [6, 6.07) is 0. The van der Waals surface area contributed by atoms with Gasteiger partial charge in [-0.15, -0.1) is 0 Å². The van der Waals surface area contributed by atoms with Crippen LogP contribution in [0.4, 0.5) is 0 Å². The zero-order valence-corrected chi connectivity index (χ0v) is 7.79. The van der Waals surface area contributed by atoms with E-state index in [0.29, 0.717) is 0 Å². The van der Waals surface area contributed by atoms with E-state index in [0.717, 1.165) is 0 Å². The molecule has 82 valence electrons. The maximum Gasteiger partial charge on any atom is 0.394 e. The summed E-state index contributed by atoms with van der Waals surface area (Å²) < 4.78 is 60.6. The predicted octanol–water partition coefficient (Wildman–Crippen LogP) is -2.28. The van der Waals surface area contributed by atoms with Crippen LogP contribution < -0.4 is 4.72 Å². The summed E-state index contributed by atoms with van der Waals surface area (Å²) in [5, 5.41) is 7.99. The van der Waals surface area contributed by atoms with Crippen LogP contribution in [0, 0.1) is 0 Å². The highest BCUT2D eigenvalue weighted by Crippen LogP contribution is 1.68. The van der Waals surface area contributed by atoms with Crippen LogP contribution in [-0.4, -0.2) is 48.8 Å². The minimum atomic E-state index is -4.67. The number of rotatable bonds is 3. The summed E-state index contributed by atoms with van der Waals surface area (Å²) in [6.07, 6.45) is 0. The summed E-state index contributed by atoms with van der Waals surface area (Å²) in [6.45, 7) is -0.474. The lowest BCUT2D eigenvalue weighted by Crippen LogP contribution is -2.25. The number of aliphatic hydroxyl groups excluding tert-OH is 1. The van der Waals surface area contributed by atoms with Gasteiger partial charge in [0.2, 0.25) is 0 Å². The van der Waals surface area contributed by atoms with Gasteiger partial charge < -0.3 is 5.11 Å². The largest absolute Gasteiger partial charge is 0.395 e. The molecule has 0 saturated carbocycles. The first-order chi connectivity index (χ1) is 5.56. The van der Waals surface area contributed by atoms with Crippen molar-refractivity contribution < 1.29 is 35.6 Å². The molecule has 0 saturated heterocycles. The number of hydrogen-bond donors (Lipinski definition) is 5. The Morgan fingerprint density at radius 1 is 1.00 bits per heavy atom. The van der Waals surface area contributed by atoms with Crippen molar-refractivity contribution in [3.8, 4) is 0 Å². The van der Waals surface area contributed by atoms with Gasteiger partial charge in [-0.05, 0) is 0 Å². The predicted molar refractivity (Wildman–Crippen MR) is 40.8 cm³/mol. The van der Waals surface area contributed by atoms with Gasteiger partial charge in [-0.3, -0.25) is 13.7 Å². The van der Waals surface area contributed by atoms with Crippen molar-refractivity contribution in [1.82, 2.24) is 4.72 Å². The Morgan fingerprint density at radius 2 is 1.31 bits per heavy atom. The molecule has 0 rings (SSSR count). The van der Waals surface area contributed by atoms with Crippen molar-refractivity contribution in [1.29, 1.82) is 0 Å². The average Bonchev–Trinajstić information content (AvgIpc) is 1.77. The monoisotopic (exact) mass is 239 g/mol. The van der Waals surface area contributed by atoms with E-state index in [-0.39, 0.29) is 13.2 Å². The van der Waals surface area contributed by atoms with Crippen LogP contribution in [0.1, 0.15) is 0 Å². The molecule has 0 aromatic rings. The first-order valence-electron chi connectivity index (χ1n) is 2.59. The van der Waals surface area contributed by atoms with Gasteiger partial charge in [0.1, 0.15) is 0 Å². The molecular weight excluding hydrogens is 230 g/mol. The van der Waals surface area contributed by atoms with Crippen molar-refractivity contribution >= 4 is 20.7 Å². The zero-order valence-electron chi connectivity index (χ0n) is 6.15. The first-order valence-corrected chi connectivity index (χ1v) is 5.43. The quantitative estimate of drug-likeness (QED) is 0.344. The van der Waals surface area contributed by atoms with Crippen LogP contribution in [0.2, 0.25) is 0 Å². The fraction of sp³-hybridized carbons (Fsp3) is 1.00. The standard InChI is InChI=1S/C2H7NO4S.H2O4S/c4-2-1-3-8(5,6)7;1-5(2,3)4/h3-4H,1-2H2,(H,5,6,7);(H2,1,2,3,4). The number of nitrogens with one attached hydrogen (secondary N) is 1. The van der Waals surface area contributed by atoms with Crippen molar-refractivity contribution in [3.63, 3.8) is 0 Å². The highest BCUT2D eigenvalue weighted by atomic mass is 32.3. The van der Waals surface area contributed by atoms with Crippen LogP contribution in [0.3, 0.4) is 0 Å². The van der Waals surface area contributed by atoms with Crippen LogP contribution in [0.5, 0.6) is 0 Å². The van der Waals surface area contributed by atoms with Gasteiger partial charge in [0.05, 0.1) is 6.61 Å². The molecule has 0 aliphatic carbocycles. The highest BCUT2D eigenvalue weighted by Gasteiger charge is 1.98. The molecule has 13 heavy (non-hydrogen) atoms. The lowest BCUT2D eigenvalue weighted by Gasteiger charge is -1.93. The normalized spacial score (nSPS) is 11.7. The second-order valence-corrected chi connectivity index (χ2v) is 3.68. The van der Waals surface area contributed by atoms with Crippen molar-refractivity contribution in [3.05, 3.63) is 0 Å². The summed E-state index contributed by atoms with van der Waals surface area (Å²) in [5.74, 6) is 0. The molecule has 0 atom stereocenters. The second kappa shape index (κ2) is 6.20. The average molecular weight is 239 g/mol. The molecule has 0 heterocycles. The fourth-order valence-corrected chi connectivity index (χ4v) is 0.524. The van der Waals surface area contributed by atoms with Gasteiger partial charge in [-0.2, -0.15) is 21.6 Å². The van der Waals surface area contributed by atoms with Crippen LogP contribution in [0.25, 0.3) is 0 Å². The molecule has 0 amide bonds. The maximum atomic E-state index is 9.72. The lowest BCUT2D eigenvalue weighted by molar-refractivity contribution is 0.298. The Bertz CT molecular complexity index is 293. The van der Waals surface area contributed by atoms with Gasteiger partial charge in [-0.25, -0.2) is 0 Å². The molecule has 0 bridgehead atoms. The summed E-state index contributed by atoms with van der Waals surface area (Å²) in [5.41, 5.74) is 0. The van der Waals surface area contributed by atoms with E-state index in [2.05, 4.69) is 0 Å². The van der Waals surface area contributed by atoms with Crippen LogP contribution in [-0.2, 0) is 20.7 Å². The molecule has 5 N–H and O–H groups in total. The second-order valence-electron chi connectivity index (χ2n) is 1.54. The van der Waals surface area contributed by atoms with Crippen LogP contribution in [0.15, 0.2) is 0 Å². The third-order valence-electron chi connectivity index (χ3n) is 0.396. The van der Waals surface area contributed by atoms with Gasteiger partial charge in [0, 0.05) is 6.54 Å². The molecule has 0 spiro atoms. The Balaban J connectivity index is 0. The Labute approximate surface area is 74.9 Å². The van der Waals surface area contributed by atoms with Crippen LogP contribution >= 0.6 is 0 Å². The third-order valence-corrected chi connectivity index (χ3v) is 0.965. The van der Waals surface area contributed by atoms with E-state index in [1.807, 2.05) is 0 Å². The Hall–Kier alpha value is -0.300. The molecule has 0 radical (unpaired) electrons. The van der Waals surface area contributed by atoms with E-state index < -0.39 is 20.7 Å². The smallest absolute Gasteiger partial charge is 0.394 e. The molecule has 0 fully saturated rings. The van der Waals surface area contributed by atoms with Crippen molar-refractivity contribution in [2.24, 2.45) is 0 Å². The minimum absolute atomic E-state index is 0.154. The SMILES string of the molecule is O=S(=O)(O)NCCO.O=S(=O)(O)O. The van der Waals surface area contributed by atoms with E-state index >= 15 is 0 Å². The number of aliphatic hydroxyl groups is 1. The fourth-order valence-electron chi connectivity index (χ4n) is 0.175. The van der Waals surface area contributed by atoms with Gasteiger partial charge >= 0.3 is 20.7 Å². The Morgan fingerprint density at radius 3 is 1.38 bits per heavy atom. The molecular formula is C2H9NO8S2. The molecule has 0 unspecified atom stereocenters. The summed E-state index contributed by atoms with van der Waals surface area (Å²) in [4.78, 5) is 0. The van der Waals surface area contributed by atoms with E-state index in [1.54, 1.807) is 4.72 Å². The van der Waals surface area contributed by atoms with E-state index in [4.69, 9.17) is 27.2 Å². The molecule has 0 aromatic carbocycles. The minimum Gasteiger partial charge on any atom is -0.395 e. The van der Waals surface area contributed by atoms with Crippen molar-refractivity contribution in [2.75, 3.05) is 13.2 Å². The molecule has 0 aliphatic heterocycles. The molecule has 0 aliphatic rings. The highest BCUT2D eigenvalue weighted by molar-refractivity contribution is 7.83. The lowest BCUT2D eigenvalue weighted by atomic mass is 10.8. The Kier molecular flexibility index (Phi) is 7.24. The third kappa shape index (κ3) is 49.8. The number of hydrogen-bond acceptors (Lipinski definition) is 5. The topological polar surface area (TPSA) is 161 Å². The zero-order chi connectivity index (χ0) is 11.1. The first kappa shape index (κ1) is 15.2. The maximum absolute atomic E-state index is 9.72. The summed E-state index contributed by atoms with van der Waals surface area (Å²) in [7, 11) is -8.76. The van der Waals surface area contributed by atoms with E-state index in [9.17, 15) is 8.42 Å². The van der Waals surface area contributed by atoms with Gasteiger partial charge in [-0.1, -0.05) is 0 Å². The van der Waals surface area contributed by atoms with Gasteiger partial charge in [0.25, 0.3) is 0 Å². The molecule has 0 aromatic heterocycles.